The summed E-state index contributed by atoms with van der Waals surface area (Å²) in [6.07, 6.45) is 2.40. The van der Waals surface area contributed by atoms with Crippen LogP contribution in [0.4, 0.5) is 0 Å². The van der Waals surface area contributed by atoms with Crippen LogP contribution in [0.2, 0.25) is 0 Å². The summed E-state index contributed by atoms with van der Waals surface area (Å²) < 4.78 is 7.29. The summed E-state index contributed by atoms with van der Waals surface area (Å²) in [5, 5.41) is 14.5. The molecule has 2 heterocycles. The first-order valence-electron chi connectivity index (χ1n) is 7.47. The SMILES string of the molecule is CSCCNC(=O)Cn1nnnc1CN1C[C@@H](C)O[C@@H](C)C1. The summed E-state index contributed by atoms with van der Waals surface area (Å²) in [6.45, 7) is 7.26. The third-order valence-electron chi connectivity index (χ3n) is 3.39. The lowest BCUT2D eigenvalue weighted by Gasteiger charge is -2.34. The van der Waals surface area contributed by atoms with Crippen LogP contribution in [0.25, 0.3) is 0 Å². The summed E-state index contributed by atoms with van der Waals surface area (Å²) in [7, 11) is 0. The number of nitrogens with one attached hydrogen (secondary N) is 1. The fourth-order valence-electron chi connectivity index (χ4n) is 2.56. The molecule has 0 bridgehead atoms. The van der Waals surface area contributed by atoms with Crippen LogP contribution in [-0.2, 0) is 22.6 Å². The van der Waals surface area contributed by atoms with E-state index in [1.54, 1.807) is 16.4 Å². The van der Waals surface area contributed by atoms with Gasteiger partial charge in [0.15, 0.2) is 5.82 Å². The van der Waals surface area contributed by atoms with Gasteiger partial charge in [0.25, 0.3) is 0 Å². The van der Waals surface area contributed by atoms with Crippen molar-refractivity contribution in [2.45, 2.75) is 39.1 Å². The number of hydrogen-bond acceptors (Lipinski definition) is 7. The van der Waals surface area contributed by atoms with Crippen molar-refractivity contribution in [1.82, 2.24) is 30.4 Å². The van der Waals surface area contributed by atoms with Crippen LogP contribution >= 0.6 is 11.8 Å². The minimum absolute atomic E-state index is 0.0636. The summed E-state index contributed by atoms with van der Waals surface area (Å²) >= 11 is 1.70. The van der Waals surface area contributed by atoms with E-state index in [9.17, 15) is 4.79 Å². The minimum atomic E-state index is -0.0636. The Morgan fingerprint density at radius 1 is 1.41 bits per heavy atom. The topological polar surface area (TPSA) is 85.2 Å². The quantitative estimate of drug-likeness (QED) is 0.692. The summed E-state index contributed by atoms with van der Waals surface area (Å²) in [4.78, 5) is 14.1. The van der Waals surface area contributed by atoms with Crippen molar-refractivity contribution in [1.29, 1.82) is 0 Å². The highest BCUT2D eigenvalue weighted by molar-refractivity contribution is 7.98. The number of amides is 1. The molecule has 1 aromatic heterocycles. The number of ether oxygens (including phenoxy) is 1. The van der Waals surface area contributed by atoms with Gasteiger partial charge in [0.05, 0.1) is 18.8 Å². The largest absolute Gasteiger partial charge is 0.373 e. The summed E-state index contributed by atoms with van der Waals surface area (Å²) in [6, 6.07) is 0. The van der Waals surface area contributed by atoms with E-state index in [4.69, 9.17) is 4.74 Å². The van der Waals surface area contributed by atoms with Crippen molar-refractivity contribution in [3.05, 3.63) is 5.82 Å². The van der Waals surface area contributed by atoms with Crippen LogP contribution < -0.4 is 5.32 Å². The van der Waals surface area contributed by atoms with E-state index in [-0.39, 0.29) is 24.7 Å². The fourth-order valence-corrected chi connectivity index (χ4v) is 2.86. The van der Waals surface area contributed by atoms with Crippen molar-refractivity contribution in [3.8, 4) is 0 Å². The molecule has 1 aromatic rings. The normalized spacial score (nSPS) is 22.7. The molecule has 0 spiro atoms. The van der Waals surface area contributed by atoms with Gasteiger partial charge in [0.1, 0.15) is 6.54 Å². The number of aromatic nitrogens is 4. The van der Waals surface area contributed by atoms with Gasteiger partial charge in [0.2, 0.25) is 5.91 Å². The van der Waals surface area contributed by atoms with Crippen LogP contribution in [0, 0.1) is 0 Å². The van der Waals surface area contributed by atoms with Gasteiger partial charge in [-0.2, -0.15) is 11.8 Å². The van der Waals surface area contributed by atoms with E-state index in [1.165, 1.54) is 0 Å². The lowest BCUT2D eigenvalue weighted by atomic mass is 10.2. The highest BCUT2D eigenvalue weighted by atomic mass is 32.2. The van der Waals surface area contributed by atoms with Crippen LogP contribution in [0.3, 0.4) is 0 Å². The van der Waals surface area contributed by atoms with Crippen molar-refractivity contribution in [2.24, 2.45) is 0 Å². The lowest BCUT2D eigenvalue weighted by molar-refractivity contribution is -0.121. The molecule has 2 atom stereocenters. The first-order valence-corrected chi connectivity index (χ1v) is 8.86. The highest BCUT2D eigenvalue weighted by Gasteiger charge is 2.24. The van der Waals surface area contributed by atoms with E-state index in [0.29, 0.717) is 18.9 Å². The average Bonchev–Trinajstić information content (AvgIpc) is 2.85. The Hall–Kier alpha value is -1.19. The first-order chi connectivity index (χ1) is 10.6. The number of thioether (sulfide) groups is 1. The Kier molecular flexibility index (Phi) is 6.59. The van der Waals surface area contributed by atoms with Crippen LogP contribution in [0.5, 0.6) is 0 Å². The molecule has 0 unspecified atom stereocenters. The Labute approximate surface area is 134 Å². The second kappa shape index (κ2) is 8.44. The summed E-state index contributed by atoms with van der Waals surface area (Å²) in [5.41, 5.74) is 0. The predicted octanol–water partition coefficient (Wildman–Crippen LogP) is -0.238. The third-order valence-corrected chi connectivity index (χ3v) is 4.00. The van der Waals surface area contributed by atoms with E-state index < -0.39 is 0 Å². The number of morpholine rings is 1. The predicted molar refractivity (Wildman–Crippen MR) is 84.5 cm³/mol. The second-order valence-corrected chi connectivity index (χ2v) is 6.53. The van der Waals surface area contributed by atoms with Gasteiger partial charge in [-0.1, -0.05) is 0 Å². The van der Waals surface area contributed by atoms with Crippen LogP contribution in [0.15, 0.2) is 0 Å². The number of carbonyl (C=O) groups excluding carboxylic acids is 1. The monoisotopic (exact) mass is 328 g/mol. The van der Waals surface area contributed by atoms with Gasteiger partial charge in [-0.25, -0.2) is 4.68 Å². The van der Waals surface area contributed by atoms with E-state index in [2.05, 4.69) is 39.6 Å². The molecule has 0 radical (unpaired) electrons. The van der Waals surface area contributed by atoms with Crippen LogP contribution in [-0.4, -0.2) is 74.9 Å². The molecular weight excluding hydrogens is 304 g/mol. The van der Waals surface area contributed by atoms with E-state index >= 15 is 0 Å². The molecule has 8 nitrogen and oxygen atoms in total. The lowest BCUT2D eigenvalue weighted by Crippen LogP contribution is -2.45. The zero-order valence-electron chi connectivity index (χ0n) is 13.4. The Balaban J connectivity index is 1.87. The van der Waals surface area contributed by atoms with Crippen molar-refractivity contribution >= 4 is 17.7 Å². The number of carbonyl (C=O) groups is 1. The molecule has 1 aliphatic heterocycles. The molecule has 1 amide bonds. The number of hydrogen-bond donors (Lipinski definition) is 1. The first kappa shape index (κ1) is 17.2. The zero-order valence-corrected chi connectivity index (χ0v) is 14.2. The van der Waals surface area contributed by atoms with Gasteiger partial charge in [-0.15, -0.1) is 5.10 Å². The molecule has 1 aliphatic rings. The number of tetrazole rings is 1. The van der Waals surface area contributed by atoms with Crippen molar-refractivity contribution < 1.29 is 9.53 Å². The van der Waals surface area contributed by atoms with Crippen molar-refractivity contribution in [2.75, 3.05) is 31.6 Å². The Bertz CT molecular complexity index is 473. The molecule has 9 heteroatoms. The fraction of sp³-hybridized carbons (Fsp3) is 0.846. The minimum Gasteiger partial charge on any atom is -0.373 e. The molecule has 22 heavy (non-hydrogen) atoms. The molecule has 124 valence electrons. The molecule has 0 aromatic carbocycles. The third kappa shape index (κ3) is 5.22. The van der Waals surface area contributed by atoms with Gasteiger partial charge >= 0.3 is 0 Å². The molecule has 0 aliphatic carbocycles. The van der Waals surface area contributed by atoms with Crippen molar-refractivity contribution in [3.63, 3.8) is 0 Å². The molecular formula is C13H24N6O2S. The number of rotatable bonds is 7. The molecule has 1 saturated heterocycles. The Morgan fingerprint density at radius 3 is 2.82 bits per heavy atom. The number of nitrogens with zero attached hydrogens (tertiary/aromatic N) is 5. The molecule has 2 rings (SSSR count). The van der Waals surface area contributed by atoms with Gasteiger partial charge in [0, 0.05) is 25.4 Å². The summed E-state index contributed by atoms with van der Waals surface area (Å²) in [5.74, 6) is 1.55. The molecule has 1 N–H and O–H groups in total. The smallest absolute Gasteiger partial charge is 0.241 e. The highest BCUT2D eigenvalue weighted by Crippen LogP contribution is 2.12. The van der Waals surface area contributed by atoms with Gasteiger partial charge in [-0.3, -0.25) is 9.69 Å². The van der Waals surface area contributed by atoms with E-state index in [1.807, 2.05) is 6.26 Å². The standard InChI is InChI=1S/C13H24N6O2S/c1-10-6-18(7-11(2)21-10)8-12-15-16-17-19(12)9-13(20)14-4-5-22-3/h10-11H,4-9H2,1-3H3,(H,14,20)/t10-,11+. The van der Waals surface area contributed by atoms with Gasteiger partial charge in [-0.05, 0) is 30.5 Å². The zero-order chi connectivity index (χ0) is 15.9. The maximum absolute atomic E-state index is 11.9. The average molecular weight is 328 g/mol. The second-order valence-electron chi connectivity index (χ2n) is 5.55. The maximum Gasteiger partial charge on any atom is 0.241 e. The maximum atomic E-state index is 11.9. The molecule has 0 saturated carbocycles. The Morgan fingerprint density at radius 2 is 2.14 bits per heavy atom. The van der Waals surface area contributed by atoms with E-state index in [0.717, 1.165) is 18.8 Å². The van der Waals surface area contributed by atoms with Gasteiger partial charge < -0.3 is 10.1 Å². The van der Waals surface area contributed by atoms with Crippen LogP contribution in [0.1, 0.15) is 19.7 Å². The molecule has 1 fully saturated rings.